The highest BCUT2D eigenvalue weighted by molar-refractivity contribution is 7.47. The van der Waals surface area contributed by atoms with Crippen LogP contribution in [0.2, 0.25) is 0 Å². The van der Waals surface area contributed by atoms with Crippen molar-refractivity contribution in [1.82, 2.24) is 0 Å². The molecule has 3 N–H and O–H groups in total. The quantitative estimate of drug-likeness (QED) is 0.0138. The Labute approximate surface area is 348 Å². The maximum absolute atomic E-state index is 12.7. The Bertz CT molecular complexity index is 1170. The van der Waals surface area contributed by atoms with Gasteiger partial charge in [0.1, 0.15) is 19.8 Å². The summed E-state index contributed by atoms with van der Waals surface area (Å²) in [5, 5.41) is 20.8. The van der Waals surface area contributed by atoms with Crippen molar-refractivity contribution in [3.05, 3.63) is 73.1 Å². The van der Waals surface area contributed by atoms with E-state index in [0.29, 0.717) is 23.9 Å². The van der Waals surface area contributed by atoms with Crippen LogP contribution in [0, 0.1) is 0 Å². The van der Waals surface area contributed by atoms with Gasteiger partial charge in [-0.25, -0.2) is 4.57 Å². The highest BCUT2D eigenvalue weighted by Gasteiger charge is 2.26. The molecule has 330 valence electrons. The van der Waals surface area contributed by atoms with Crippen LogP contribution < -0.4 is 0 Å². The number of hydrogen-bond donors (Lipinski definition) is 3. The molecule has 0 aliphatic rings. The molecule has 0 aromatic carbocycles. The summed E-state index contributed by atoms with van der Waals surface area (Å²) in [6, 6.07) is 0. The lowest BCUT2D eigenvalue weighted by atomic mass is 10.0. The number of phosphoric ester groups is 1. The number of quaternary nitrogens is 1. The summed E-state index contributed by atoms with van der Waals surface area (Å²) >= 11 is 0. The maximum Gasteiger partial charge on any atom is 0.472 e. The second-order valence-corrected chi connectivity index (χ2v) is 17.2. The van der Waals surface area contributed by atoms with Crippen molar-refractivity contribution in [2.24, 2.45) is 0 Å². The Kier molecular flexibility index (Phi) is 36.4. The minimum absolute atomic E-state index is 0.00724. The van der Waals surface area contributed by atoms with Gasteiger partial charge in [-0.1, -0.05) is 120 Å². The summed E-state index contributed by atoms with van der Waals surface area (Å²) in [6.07, 6.45) is 42.0. The van der Waals surface area contributed by atoms with E-state index < -0.39 is 32.1 Å². The van der Waals surface area contributed by atoms with Gasteiger partial charge in [0.15, 0.2) is 6.10 Å². The standard InChI is InChI=1S/C46H82NO9P/c1-6-8-10-12-14-16-18-20-21-22-23-25-27-29-31-33-39-53-41-43(42-55-57(51,52)54-40-38-47(3,4)5)56-46(50)37-34-36-45(49)44(48)35-32-30-28-26-24-19-17-15-13-11-9-7-2/h9,11,15-18,24,26,30,32-33,39,43-45,48-49H,6-8,10,12-14,19-23,25,27-29,31,34-38,40-42H2,1-5H3/p+1/b11-9-,17-15-,18-16-,26-24-,32-30-,39-33+/t43-,44-,45-/m1/s1. The predicted molar refractivity (Wildman–Crippen MR) is 236 cm³/mol. The molecule has 0 aliphatic heterocycles. The minimum atomic E-state index is -4.38. The van der Waals surface area contributed by atoms with E-state index in [1.54, 1.807) is 6.26 Å². The van der Waals surface area contributed by atoms with Crippen molar-refractivity contribution in [3.8, 4) is 0 Å². The van der Waals surface area contributed by atoms with Crippen molar-refractivity contribution in [3.63, 3.8) is 0 Å². The lowest BCUT2D eigenvalue weighted by Crippen LogP contribution is -2.37. The third-order valence-corrected chi connectivity index (χ3v) is 10.0. The zero-order valence-corrected chi connectivity index (χ0v) is 37.4. The van der Waals surface area contributed by atoms with Crippen LogP contribution in [0.15, 0.2) is 73.1 Å². The Morgan fingerprint density at radius 1 is 0.649 bits per heavy atom. The van der Waals surface area contributed by atoms with Crippen LogP contribution in [0.3, 0.4) is 0 Å². The van der Waals surface area contributed by atoms with Gasteiger partial charge in [-0.05, 0) is 89.5 Å². The van der Waals surface area contributed by atoms with E-state index in [4.69, 9.17) is 18.5 Å². The molecule has 4 atom stereocenters. The number of aliphatic hydroxyl groups excluding tert-OH is 2. The number of ether oxygens (including phenoxy) is 2. The fraction of sp³-hybridized carbons (Fsp3) is 0.717. The molecule has 0 bridgehead atoms. The Balaban J connectivity index is 4.58. The zero-order chi connectivity index (χ0) is 42.3. The van der Waals surface area contributed by atoms with Gasteiger partial charge in [-0.2, -0.15) is 0 Å². The molecule has 0 rings (SSSR count). The van der Waals surface area contributed by atoms with Crippen molar-refractivity contribution >= 4 is 13.8 Å². The first-order chi connectivity index (χ1) is 27.4. The second kappa shape index (κ2) is 37.9. The van der Waals surface area contributed by atoms with E-state index in [-0.39, 0.29) is 32.7 Å². The summed E-state index contributed by atoms with van der Waals surface area (Å²) in [7, 11) is 1.44. The number of unbranched alkanes of at least 4 members (excludes halogenated alkanes) is 11. The number of phosphoric acid groups is 1. The zero-order valence-electron chi connectivity index (χ0n) is 36.5. The predicted octanol–water partition coefficient (Wildman–Crippen LogP) is 11.0. The fourth-order valence-electron chi connectivity index (χ4n) is 5.48. The fourth-order valence-corrected chi connectivity index (χ4v) is 6.22. The number of carbonyl (C=O) groups excluding carboxylic acids is 1. The second-order valence-electron chi connectivity index (χ2n) is 15.7. The Hall–Kier alpha value is -2.30. The van der Waals surface area contributed by atoms with E-state index in [1.165, 1.54) is 64.2 Å². The van der Waals surface area contributed by atoms with Crippen LogP contribution in [-0.4, -0.2) is 91.4 Å². The topological polar surface area (TPSA) is 132 Å². The van der Waals surface area contributed by atoms with Crippen molar-refractivity contribution in [2.45, 2.75) is 167 Å². The van der Waals surface area contributed by atoms with E-state index >= 15 is 0 Å². The van der Waals surface area contributed by atoms with Gasteiger partial charge in [-0.3, -0.25) is 13.8 Å². The lowest BCUT2D eigenvalue weighted by molar-refractivity contribution is -0.870. The van der Waals surface area contributed by atoms with Crippen LogP contribution in [0.25, 0.3) is 0 Å². The van der Waals surface area contributed by atoms with Gasteiger partial charge in [0, 0.05) is 6.42 Å². The largest absolute Gasteiger partial charge is 0.498 e. The van der Waals surface area contributed by atoms with Crippen molar-refractivity contribution in [2.75, 3.05) is 47.5 Å². The molecule has 0 radical (unpaired) electrons. The molecule has 0 aromatic rings. The molecule has 0 aromatic heterocycles. The number of allylic oxidation sites excluding steroid dienone is 10. The first-order valence-corrected chi connectivity index (χ1v) is 23.4. The molecule has 0 aliphatic carbocycles. The molecular weight excluding hydrogens is 741 g/mol. The van der Waals surface area contributed by atoms with Gasteiger partial charge >= 0.3 is 13.8 Å². The van der Waals surface area contributed by atoms with Crippen molar-refractivity contribution in [1.29, 1.82) is 0 Å². The van der Waals surface area contributed by atoms with Gasteiger partial charge < -0.3 is 29.1 Å². The molecule has 0 fully saturated rings. The average Bonchev–Trinajstić information content (AvgIpc) is 3.16. The Morgan fingerprint density at radius 3 is 1.77 bits per heavy atom. The van der Waals surface area contributed by atoms with Crippen molar-refractivity contribution < 1.29 is 47.5 Å². The summed E-state index contributed by atoms with van der Waals surface area (Å²) < 4.78 is 34.5. The normalized spacial score (nSPS) is 15.5. The molecule has 0 heterocycles. The molecule has 0 amide bonds. The van der Waals surface area contributed by atoms with E-state index in [9.17, 15) is 24.5 Å². The first kappa shape index (κ1) is 54.7. The molecule has 0 spiro atoms. The summed E-state index contributed by atoms with van der Waals surface area (Å²) in [4.78, 5) is 22.9. The maximum atomic E-state index is 12.7. The molecule has 0 saturated heterocycles. The van der Waals surface area contributed by atoms with Gasteiger partial charge in [0.25, 0.3) is 0 Å². The molecule has 57 heavy (non-hydrogen) atoms. The minimum Gasteiger partial charge on any atom is -0.498 e. The lowest BCUT2D eigenvalue weighted by Gasteiger charge is -2.24. The summed E-state index contributed by atoms with van der Waals surface area (Å²) in [5.74, 6) is -0.561. The van der Waals surface area contributed by atoms with Gasteiger partial charge in [-0.15, -0.1) is 0 Å². The van der Waals surface area contributed by atoms with Crippen LogP contribution in [-0.2, 0) is 27.9 Å². The number of rotatable bonds is 39. The first-order valence-electron chi connectivity index (χ1n) is 21.9. The molecule has 1 unspecified atom stereocenters. The third kappa shape index (κ3) is 40.3. The van der Waals surface area contributed by atoms with Gasteiger partial charge in [0.2, 0.25) is 0 Å². The molecule has 0 saturated carbocycles. The number of aliphatic hydroxyl groups is 2. The van der Waals surface area contributed by atoms with Crippen LogP contribution in [0.1, 0.15) is 149 Å². The number of hydrogen-bond acceptors (Lipinski definition) is 8. The number of nitrogens with zero attached hydrogens (tertiary/aromatic N) is 1. The molecule has 11 heteroatoms. The number of esters is 1. The van der Waals surface area contributed by atoms with Gasteiger partial charge in [0.05, 0.1) is 46.2 Å². The van der Waals surface area contributed by atoms with Crippen LogP contribution >= 0.6 is 7.82 Å². The number of likely N-dealkylation sites (N-methyl/N-ethyl adjacent to an activating group) is 1. The average molecular weight is 825 g/mol. The van der Waals surface area contributed by atoms with E-state index in [0.717, 1.165) is 44.9 Å². The van der Waals surface area contributed by atoms with E-state index in [2.05, 4.69) is 62.5 Å². The van der Waals surface area contributed by atoms with Crippen LogP contribution in [0.4, 0.5) is 0 Å². The highest BCUT2D eigenvalue weighted by Crippen LogP contribution is 2.43. The van der Waals surface area contributed by atoms with E-state index in [1.807, 2.05) is 39.4 Å². The number of carbonyl (C=O) groups is 1. The molecular formula is C46H83NO9P+. The Morgan fingerprint density at radius 2 is 1.19 bits per heavy atom. The smallest absolute Gasteiger partial charge is 0.472 e. The highest BCUT2D eigenvalue weighted by atomic mass is 31.2. The third-order valence-electron chi connectivity index (χ3n) is 9.02. The monoisotopic (exact) mass is 825 g/mol. The SMILES string of the molecule is CC/C=C\C/C=C\C/C=C\C/C=C\C[C@@H](O)[C@H](O)CCCC(=O)O[C@H](CO/C=C/CCCCCCCC/C=C\CCCCCC)COP(=O)(O)OCC[N+](C)(C)C. The summed E-state index contributed by atoms with van der Waals surface area (Å²) in [6.45, 7) is 4.43. The summed E-state index contributed by atoms with van der Waals surface area (Å²) in [5.41, 5.74) is 0. The molecule has 10 nitrogen and oxygen atoms in total. The van der Waals surface area contributed by atoms with Crippen LogP contribution in [0.5, 0.6) is 0 Å².